The average Bonchev–Trinajstić information content (AvgIpc) is 2.46. The quantitative estimate of drug-likeness (QED) is 0.881. The number of fused-ring (bicyclic) bond motifs is 1. The molecule has 0 radical (unpaired) electrons. The largest absolute Gasteiger partial charge is 0.451 e. The van der Waals surface area contributed by atoms with Gasteiger partial charge in [-0.3, -0.25) is 9.59 Å². The van der Waals surface area contributed by atoms with Crippen molar-refractivity contribution in [2.45, 2.75) is 26.3 Å². The number of carbonyl (C=O) groups excluding carboxylic acids is 1. The lowest BCUT2D eigenvalue weighted by Gasteiger charge is -2.17. The summed E-state index contributed by atoms with van der Waals surface area (Å²) in [5.74, 6) is -0.190. The SMILES string of the molecule is CC(C)CC(CO)NC(=O)c1cc(=O)c2ccccc2o1. The van der Waals surface area contributed by atoms with Gasteiger partial charge in [-0.1, -0.05) is 26.0 Å². The van der Waals surface area contributed by atoms with E-state index in [1.165, 1.54) is 6.07 Å². The van der Waals surface area contributed by atoms with Gasteiger partial charge in [0.15, 0.2) is 11.2 Å². The minimum Gasteiger partial charge on any atom is -0.451 e. The van der Waals surface area contributed by atoms with Crippen molar-refractivity contribution in [3.8, 4) is 0 Å². The van der Waals surface area contributed by atoms with E-state index < -0.39 is 5.91 Å². The number of nitrogens with one attached hydrogen (secondary N) is 1. The first kappa shape index (κ1) is 15.3. The molecule has 0 aliphatic carbocycles. The van der Waals surface area contributed by atoms with Crippen LogP contribution in [0.25, 0.3) is 11.0 Å². The van der Waals surface area contributed by atoms with Crippen LogP contribution in [0.3, 0.4) is 0 Å². The minimum absolute atomic E-state index is 0.0408. The molecule has 5 heteroatoms. The van der Waals surface area contributed by atoms with E-state index in [4.69, 9.17) is 4.42 Å². The zero-order valence-electron chi connectivity index (χ0n) is 12.1. The maximum absolute atomic E-state index is 12.1. The Kier molecular flexibility index (Phi) is 4.75. The summed E-state index contributed by atoms with van der Waals surface area (Å²) in [6.07, 6.45) is 0.653. The van der Waals surface area contributed by atoms with E-state index in [1.54, 1.807) is 24.3 Å². The maximum atomic E-state index is 12.1. The molecule has 0 aliphatic rings. The summed E-state index contributed by atoms with van der Waals surface area (Å²) in [5.41, 5.74) is 0.117. The molecule has 2 aromatic rings. The minimum atomic E-state index is -0.488. The number of para-hydroxylation sites is 1. The topological polar surface area (TPSA) is 79.5 Å². The number of rotatable bonds is 5. The van der Waals surface area contributed by atoms with Crippen molar-refractivity contribution < 1.29 is 14.3 Å². The summed E-state index contributed by atoms with van der Waals surface area (Å²) in [7, 11) is 0. The molecule has 0 saturated carbocycles. The fraction of sp³-hybridized carbons (Fsp3) is 0.375. The van der Waals surface area contributed by atoms with Crippen LogP contribution in [0.15, 0.2) is 39.5 Å². The Bertz CT molecular complexity index is 690. The van der Waals surface area contributed by atoms with Crippen LogP contribution in [0.4, 0.5) is 0 Å². The van der Waals surface area contributed by atoms with Crippen molar-refractivity contribution in [1.29, 1.82) is 0 Å². The number of hydrogen-bond donors (Lipinski definition) is 2. The Hall–Kier alpha value is -2.14. The lowest BCUT2D eigenvalue weighted by Crippen LogP contribution is -2.38. The maximum Gasteiger partial charge on any atom is 0.287 e. The molecule has 2 rings (SSSR count). The Balaban J connectivity index is 2.25. The number of amides is 1. The third-order valence-electron chi connectivity index (χ3n) is 3.17. The first-order valence-corrected chi connectivity index (χ1v) is 6.96. The highest BCUT2D eigenvalue weighted by Crippen LogP contribution is 2.12. The Labute approximate surface area is 122 Å². The standard InChI is InChI=1S/C16H19NO4/c1-10(2)7-11(9-18)17-16(20)15-8-13(19)12-5-3-4-6-14(12)21-15/h3-6,8,10-11,18H,7,9H2,1-2H3,(H,17,20). The lowest BCUT2D eigenvalue weighted by atomic mass is 10.0. The predicted molar refractivity (Wildman–Crippen MR) is 80.3 cm³/mol. The van der Waals surface area contributed by atoms with Crippen molar-refractivity contribution >= 4 is 16.9 Å². The zero-order chi connectivity index (χ0) is 15.4. The fourth-order valence-corrected chi connectivity index (χ4v) is 2.22. The van der Waals surface area contributed by atoms with E-state index in [9.17, 15) is 14.7 Å². The molecule has 0 spiro atoms. The Morgan fingerprint density at radius 3 is 2.71 bits per heavy atom. The number of aliphatic hydroxyl groups is 1. The van der Waals surface area contributed by atoms with Crippen molar-refractivity contribution in [2.75, 3.05) is 6.61 Å². The van der Waals surface area contributed by atoms with E-state index in [0.29, 0.717) is 23.3 Å². The van der Waals surface area contributed by atoms with Crippen molar-refractivity contribution in [2.24, 2.45) is 5.92 Å². The van der Waals surface area contributed by atoms with Crippen LogP contribution in [0.5, 0.6) is 0 Å². The number of hydrogen-bond acceptors (Lipinski definition) is 4. The highest BCUT2D eigenvalue weighted by molar-refractivity contribution is 5.93. The normalized spacial score (nSPS) is 12.6. The molecule has 112 valence electrons. The third kappa shape index (κ3) is 3.70. The van der Waals surface area contributed by atoms with Gasteiger partial charge in [-0.2, -0.15) is 0 Å². The monoisotopic (exact) mass is 289 g/mol. The summed E-state index contributed by atoms with van der Waals surface area (Å²) in [6, 6.07) is 7.60. The first-order valence-electron chi connectivity index (χ1n) is 6.96. The Morgan fingerprint density at radius 2 is 2.05 bits per heavy atom. The molecule has 2 N–H and O–H groups in total. The van der Waals surface area contributed by atoms with E-state index >= 15 is 0 Å². The van der Waals surface area contributed by atoms with Gasteiger partial charge in [0.2, 0.25) is 0 Å². The van der Waals surface area contributed by atoms with Gasteiger partial charge in [-0.15, -0.1) is 0 Å². The van der Waals surface area contributed by atoms with Crippen LogP contribution in [-0.2, 0) is 0 Å². The summed E-state index contributed by atoms with van der Waals surface area (Å²) in [5, 5.41) is 12.4. The average molecular weight is 289 g/mol. The molecular weight excluding hydrogens is 270 g/mol. The van der Waals surface area contributed by atoms with Gasteiger partial charge < -0.3 is 14.8 Å². The zero-order valence-corrected chi connectivity index (χ0v) is 12.1. The molecule has 1 aromatic heterocycles. The summed E-state index contributed by atoms with van der Waals surface area (Å²) in [6.45, 7) is 3.86. The van der Waals surface area contributed by atoms with Gasteiger partial charge in [0.25, 0.3) is 5.91 Å². The van der Waals surface area contributed by atoms with Crippen molar-refractivity contribution in [3.05, 3.63) is 46.3 Å². The second kappa shape index (κ2) is 6.54. The first-order chi connectivity index (χ1) is 10.0. The van der Waals surface area contributed by atoms with E-state index in [-0.39, 0.29) is 23.8 Å². The molecule has 0 bridgehead atoms. The van der Waals surface area contributed by atoms with Crippen LogP contribution in [0.1, 0.15) is 30.8 Å². The predicted octanol–water partition coefficient (Wildman–Crippen LogP) is 1.93. The molecule has 1 aromatic carbocycles. The van der Waals surface area contributed by atoms with Crippen LogP contribution < -0.4 is 10.7 Å². The molecule has 1 heterocycles. The van der Waals surface area contributed by atoms with E-state index in [1.807, 2.05) is 13.8 Å². The molecule has 0 fully saturated rings. The molecule has 1 amide bonds. The van der Waals surface area contributed by atoms with E-state index in [2.05, 4.69) is 5.32 Å². The molecule has 1 unspecified atom stereocenters. The van der Waals surface area contributed by atoms with Gasteiger partial charge in [-0.25, -0.2) is 0 Å². The van der Waals surface area contributed by atoms with Gasteiger partial charge >= 0.3 is 0 Å². The Morgan fingerprint density at radius 1 is 1.33 bits per heavy atom. The third-order valence-corrected chi connectivity index (χ3v) is 3.17. The lowest BCUT2D eigenvalue weighted by molar-refractivity contribution is 0.0881. The molecular formula is C16H19NO4. The van der Waals surface area contributed by atoms with Gasteiger partial charge in [-0.05, 0) is 24.5 Å². The van der Waals surface area contributed by atoms with Crippen LogP contribution in [-0.4, -0.2) is 23.7 Å². The van der Waals surface area contributed by atoms with Gasteiger partial charge in [0, 0.05) is 6.07 Å². The van der Waals surface area contributed by atoms with Crippen molar-refractivity contribution in [1.82, 2.24) is 5.32 Å². The number of benzene rings is 1. The smallest absolute Gasteiger partial charge is 0.287 e. The molecule has 5 nitrogen and oxygen atoms in total. The van der Waals surface area contributed by atoms with Gasteiger partial charge in [0.05, 0.1) is 18.0 Å². The molecule has 0 aliphatic heterocycles. The van der Waals surface area contributed by atoms with Crippen LogP contribution in [0.2, 0.25) is 0 Å². The number of carbonyl (C=O) groups is 1. The van der Waals surface area contributed by atoms with Gasteiger partial charge in [0.1, 0.15) is 5.58 Å². The summed E-state index contributed by atoms with van der Waals surface area (Å²) >= 11 is 0. The highest BCUT2D eigenvalue weighted by Gasteiger charge is 2.17. The van der Waals surface area contributed by atoms with Crippen LogP contribution in [0, 0.1) is 5.92 Å². The fourth-order valence-electron chi connectivity index (χ4n) is 2.22. The summed E-state index contributed by atoms with van der Waals surface area (Å²) < 4.78 is 5.46. The molecule has 1 atom stereocenters. The summed E-state index contributed by atoms with van der Waals surface area (Å²) in [4.78, 5) is 24.1. The molecule has 21 heavy (non-hydrogen) atoms. The molecule has 0 saturated heterocycles. The van der Waals surface area contributed by atoms with E-state index in [0.717, 1.165) is 0 Å². The highest BCUT2D eigenvalue weighted by atomic mass is 16.3. The second-order valence-corrected chi connectivity index (χ2v) is 5.45. The number of aliphatic hydroxyl groups excluding tert-OH is 1. The second-order valence-electron chi connectivity index (χ2n) is 5.45. The van der Waals surface area contributed by atoms with Crippen molar-refractivity contribution in [3.63, 3.8) is 0 Å². The van der Waals surface area contributed by atoms with Crippen LogP contribution >= 0.6 is 0 Å².